The van der Waals surface area contributed by atoms with Gasteiger partial charge in [0.2, 0.25) is 88.6 Å². The highest BCUT2D eigenvalue weighted by atomic mass is 16.4. The molecule has 0 unspecified atom stereocenters. The van der Waals surface area contributed by atoms with E-state index < -0.39 is 250 Å². The van der Waals surface area contributed by atoms with Crippen molar-refractivity contribution in [3.8, 4) is 0 Å². The number of hydrogen-bond acceptors (Lipinski definition) is 21. The van der Waals surface area contributed by atoms with E-state index in [2.05, 4.69) is 86.0 Å². The van der Waals surface area contributed by atoms with Crippen LogP contribution in [0.15, 0.2) is 60.9 Å². The quantitative estimate of drug-likeness (QED) is 0.0192. The standard InChI is InChI=1S/C73H102N18O24/c1-4-5-6-7-8-9-10-22-55(94)83-47(26-39-32-76-43-19-13-11-17-41(39)43)69(111)88-49(28-54(75)93)70(112)90-52(31-61(103)104)71(113)91-62-37(2)80-67(109)48(27-40-33-77-44-20-14-12-18-42(40)44)87-66(108)46(23-24-58(97)98)85-72(114)53(36-92)84-57(96)34-78-64(106)50(29-59(99)100)86-63(105)38(3)81-68(110)51(30-60(101)102)89-65(107)45(21-15-16-25-74)82-56(95)35-79-73(62)115/h11-14,17-20,32-33,37-38,45-53,62,76-77,92H,4-10,15-16,21-31,34-36,74H2,1-3H3,(H2,75,93)(H,78,106)(H,79,115)(H,80,109)(H,81,110)(H,82,95)(H,83,94)(H,84,96)(H,85,114)(H,86,105)(H,87,108)(H,88,111)(H,89,107)(H,90,112)(H,91,113)(H,97,98)(H,99,100)(H,101,102)(H,103,104)/t37-,38+,45-,46-,47-,48-,49-,50-,51-,52-,53+,62-/m0/s1. The molecule has 628 valence electrons. The van der Waals surface area contributed by atoms with Crippen LogP contribution in [-0.4, -0.2) is 247 Å². The number of para-hydroxylation sites is 2. The third kappa shape index (κ3) is 31.5. The van der Waals surface area contributed by atoms with Crippen LogP contribution in [0.25, 0.3) is 21.8 Å². The van der Waals surface area contributed by atoms with E-state index in [4.69, 9.17) is 11.5 Å². The molecular weight excluding hydrogens is 1510 g/mol. The molecule has 5 rings (SSSR count). The summed E-state index contributed by atoms with van der Waals surface area (Å²) in [7, 11) is 0. The first-order valence-electron chi connectivity index (χ1n) is 37.3. The van der Waals surface area contributed by atoms with Crippen molar-refractivity contribution in [1.29, 1.82) is 0 Å². The Morgan fingerprint density at radius 3 is 1.53 bits per heavy atom. The predicted molar refractivity (Wildman–Crippen MR) is 405 cm³/mol. The Morgan fingerprint density at radius 2 is 0.957 bits per heavy atom. The van der Waals surface area contributed by atoms with Crippen LogP contribution in [0.5, 0.6) is 0 Å². The lowest BCUT2D eigenvalue weighted by molar-refractivity contribution is -0.142. The van der Waals surface area contributed by atoms with E-state index in [-0.39, 0.29) is 38.6 Å². The number of carbonyl (C=O) groups is 19. The molecule has 1 aliphatic heterocycles. The summed E-state index contributed by atoms with van der Waals surface area (Å²) >= 11 is 0. The van der Waals surface area contributed by atoms with Crippen molar-refractivity contribution < 1.29 is 117 Å². The zero-order valence-electron chi connectivity index (χ0n) is 63.6. The van der Waals surface area contributed by atoms with Gasteiger partial charge in [-0.3, -0.25) is 91.1 Å². The van der Waals surface area contributed by atoms with Crippen LogP contribution in [0.4, 0.5) is 0 Å². The maximum absolute atomic E-state index is 15.1. The number of nitrogens with two attached hydrogens (primary N) is 2. The number of aromatic amines is 2. The Kier molecular flexibility index (Phi) is 38.0. The van der Waals surface area contributed by atoms with Crippen molar-refractivity contribution in [1.82, 2.24) is 84.4 Å². The third-order valence-electron chi connectivity index (χ3n) is 18.3. The van der Waals surface area contributed by atoms with Crippen molar-refractivity contribution in [2.75, 3.05) is 26.2 Å². The van der Waals surface area contributed by atoms with Gasteiger partial charge < -0.3 is 121 Å². The van der Waals surface area contributed by atoms with Crippen LogP contribution in [0.2, 0.25) is 0 Å². The predicted octanol–water partition coefficient (Wildman–Crippen LogP) is -5.04. The topological polar surface area (TPSA) is 678 Å². The van der Waals surface area contributed by atoms with E-state index in [1.165, 1.54) is 6.20 Å². The summed E-state index contributed by atoms with van der Waals surface area (Å²) in [5.74, 6) is -25.5. The summed E-state index contributed by atoms with van der Waals surface area (Å²) in [5.41, 5.74) is 13.3. The van der Waals surface area contributed by atoms with Gasteiger partial charge in [0.15, 0.2) is 0 Å². The molecule has 4 aromatic rings. The first-order valence-corrected chi connectivity index (χ1v) is 37.3. The minimum atomic E-state index is -2.30. The lowest BCUT2D eigenvalue weighted by atomic mass is 10.0. The highest BCUT2D eigenvalue weighted by molar-refractivity contribution is 6.02. The molecule has 25 N–H and O–H groups in total. The summed E-state index contributed by atoms with van der Waals surface area (Å²) in [6.45, 7) is 0.672. The third-order valence-corrected chi connectivity index (χ3v) is 18.3. The maximum Gasteiger partial charge on any atom is 0.305 e. The van der Waals surface area contributed by atoms with Crippen molar-refractivity contribution in [2.45, 2.75) is 215 Å². The van der Waals surface area contributed by atoms with Gasteiger partial charge in [-0.15, -0.1) is 0 Å². The fourth-order valence-corrected chi connectivity index (χ4v) is 12.2. The van der Waals surface area contributed by atoms with E-state index in [0.717, 1.165) is 46.0 Å². The maximum atomic E-state index is 15.1. The van der Waals surface area contributed by atoms with E-state index >= 15 is 4.79 Å². The van der Waals surface area contributed by atoms with Gasteiger partial charge in [-0.25, -0.2) is 0 Å². The SMILES string of the molecule is CCCCCCCCCC(=O)N[C@@H](Cc1c[nH]c2ccccc12)C(=O)N[C@@H](CC(N)=O)C(=O)N[C@@H](CC(=O)O)C(=O)N[C@@H]1C(=O)NCC(=O)N[C@@H](CCCCN)C(=O)N[C@@H](CC(=O)O)C(=O)N[C@H](C)C(=O)N[C@@H](CC(=O)O)C(=O)NCC(=O)N[C@H](CO)C(=O)N[C@@H](CCC(=O)O)C(=O)N[C@@H](Cc2c[nH]c3ccccc23)C(=O)N[C@H]1C. The molecule has 1 fully saturated rings. The zero-order chi connectivity index (χ0) is 85.0. The zero-order valence-corrected chi connectivity index (χ0v) is 63.6. The number of benzene rings is 2. The monoisotopic (exact) mass is 1610 g/mol. The van der Waals surface area contributed by atoms with Crippen LogP contribution in [0.3, 0.4) is 0 Å². The molecule has 42 nitrogen and oxygen atoms in total. The molecule has 12 atom stereocenters. The van der Waals surface area contributed by atoms with Crippen LogP contribution in [0, 0.1) is 0 Å². The van der Waals surface area contributed by atoms with Crippen molar-refractivity contribution >= 4 is 134 Å². The van der Waals surface area contributed by atoms with Gasteiger partial charge in [-0.2, -0.15) is 0 Å². The molecule has 2 aromatic carbocycles. The molecular formula is C73H102N18O24. The average molecular weight is 1620 g/mol. The van der Waals surface area contributed by atoms with Crippen LogP contribution >= 0.6 is 0 Å². The smallest absolute Gasteiger partial charge is 0.305 e. The van der Waals surface area contributed by atoms with Gasteiger partial charge in [0.1, 0.15) is 66.5 Å². The number of fused-ring (bicyclic) bond motifs is 2. The van der Waals surface area contributed by atoms with E-state index in [0.29, 0.717) is 45.8 Å². The van der Waals surface area contributed by atoms with Crippen molar-refractivity contribution in [3.63, 3.8) is 0 Å². The van der Waals surface area contributed by atoms with Gasteiger partial charge in [0.05, 0.1) is 51.4 Å². The number of aliphatic carboxylic acids is 4. The Labute approximate surface area is 657 Å². The number of hydrogen-bond donors (Lipinski definition) is 23. The number of rotatable bonds is 35. The Hall–Kier alpha value is -12.6. The minimum absolute atomic E-state index is 0.00228. The first kappa shape index (κ1) is 93.0. The molecule has 1 aliphatic rings. The lowest BCUT2D eigenvalue weighted by Crippen LogP contribution is -2.64. The number of amides is 15. The molecule has 15 amide bonds. The number of carboxylic acids is 4. The van der Waals surface area contributed by atoms with Gasteiger partial charge in [-0.05, 0) is 75.8 Å². The second-order valence-corrected chi connectivity index (χ2v) is 27.5. The first-order chi connectivity index (χ1) is 54.6. The number of nitrogens with one attached hydrogen (secondary N) is 16. The van der Waals surface area contributed by atoms with Crippen LogP contribution in [-0.2, 0) is 104 Å². The lowest BCUT2D eigenvalue weighted by Gasteiger charge is -2.30. The average Bonchev–Trinajstić information content (AvgIpc) is 1.72. The van der Waals surface area contributed by atoms with E-state index in [9.17, 15) is 112 Å². The van der Waals surface area contributed by atoms with Crippen molar-refractivity contribution in [2.24, 2.45) is 11.5 Å². The summed E-state index contributed by atoms with van der Waals surface area (Å²) in [6.07, 6.45) is 2.10. The minimum Gasteiger partial charge on any atom is -0.481 e. The number of carbonyl (C=O) groups excluding carboxylic acids is 15. The summed E-state index contributed by atoms with van der Waals surface area (Å²) < 4.78 is 0. The van der Waals surface area contributed by atoms with Gasteiger partial charge in [-0.1, -0.05) is 81.8 Å². The molecule has 115 heavy (non-hydrogen) atoms. The highest BCUT2D eigenvalue weighted by Gasteiger charge is 2.39. The molecule has 0 saturated carbocycles. The molecule has 2 aromatic heterocycles. The van der Waals surface area contributed by atoms with Crippen molar-refractivity contribution in [3.05, 3.63) is 72.1 Å². The normalized spacial score (nSPS) is 21.0. The Morgan fingerprint density at radius 1 is 0.470 bits per heavy atom. The Balaban J connectivity index is 1.59. The van der Waals surface area contributed by atoms with Gasteiger partial charge in [0.25, 0.3) is 0 Å². The molecule has 0 aliphatic carbocycles. The largest absolute Gasteiger partial charge is 0.481 e. The summed E-state index contributed by atoms with van der Waals surface area (Å²) in [5, 5.41) is 82.6. The second-order valence-electron chi connectivity index (χ2n) is 27.5. The molecule has 0 radical (unpaired) electrons. The summed E-state index contributed by atoms with van der Waals surface area (Å²) in [6, 6.07) is -9.71. The highest BCUT2D eigenvalue weighted by Crippen LogP contribution is 2.22. The fraction of sp³-hybridized carbons (Fsp3) is 0.521. The number of H-pyrrole nitrogens is 2. The molecule has 42 heteroatoms. The molecule has 3 heterocycles. The molecule has 0 spiro atoms. The number of aliphatic hydroxyl groups excluding tert-OH is 1. The molecule has 1 saturated heterocycles. The van der Waals surface area contributed by atoms with Crippen LogP contribution < -0.4 is 85.9 Å². The molecule has 0 bridgehead atoms. The number of aliphatic hydroxyl groups is 1. The number of primary amides is 1. The number of carboxylic acid groups (broad SMARTS) is 4. The van der Waals surface area contributed by atoms with E-state index in [1.54, 1.807) is 54.7 Å². The Bertz CT molecular complexity index is 4170. The fourth-order valence-electron chi connectivity index (χ4n) is 12.2. The van der Waals surface area contributed by atoms with Crippen LogP contribution in [0.1, 0.15) is 141 Å². The number of aromatic nitrogens is 2. The van der Waals surface area contributed by atoms with Gasteiger partial charge in [0, 0.05) is 59.9 Å². The summed E-state index contributed by atoms with van der Waals surface area (Å²) in [4.78, 5) is 266. The van der Waals surface area contributed by atoms with E-state index in [1.807, 2.05) is 5.32 Å². The second kappa shape index (κ2) is 47.0. The van der Waals surface area contributed by atoms with Gasteiger partial charge >= 0.3 is 23.9 Å². The number of unbranched alkanes of at least 4 members (excludes halogenated alkanes) is 7.